The van der Waals surface area contributed by atoms with Crippen molar-refractivity contribution in [3.63, 3.8) is 0 Å². The molecule has 1 N–H and O–H groups in total. The highest BCUT2D eigenvalue weighted by Gasteiger charge is 2.20. The van der Waals surface area contributed by atoms with Crippen LogP contribution in [0.3, 0.4) is 0 Å². The number of nitrogens with zero attached hydrogens (tertiary/aromatic N) is 3. The molecule has 0 spiro atoms. The summed E-state index contributed by atoms with van der Waals surface area (Å²) in [5.41, 5.74) is 1.01. The number of hydrogen-bond acceptors (Lipinski definition) is 5. The number of aryl methyl sites for hydroxylation is 1. The Morgan fingerprint density at radius 1 is 1.32 bits per heavy atom. The molecule has 2 rings (SSSR count). The number of ether oxygens (including phenoxy) is 1. The smallest absolute Gasteiger partial charge is 0.224 e. The summed E-state index contributed by atoms with van der Waals surface area (Å²) in [6.45, 7) is 9.79. The number of rotatable bonds is 5. The largest absolute Gasteiger partial charge is 0.378 e. The summed E-state index contributed by atoms with van der Waals surface area (Å²) in [4.78, 5) is 11.3. The lowest BCUT2D eigenvalue weighted by Gasteiger charge is -2.32. The quantitative estimate of drug-likeness (QED) is 0.883. The van der Waals surface area contributed by atoms with Crippen molar-refractivity contribution in [2.75, 3.05) is 36.5 Å². The average Bonchev–Trinajstić information content (AvgIpc) is 2.40. The van der Waals surface area contributed by atoms with Gasteiger partial charge >= 0.3 is 0 Å². The molecule has 0 amide bonds. The first-order chi connectivity index (χ1) is 9.22. The molecule has 1 aliphatic heterocycles. The van der Waals surface area contributed by atoms with Gasteiger partial charge < -0.3 is 15.0 Å². The normalized spacial score (nSPS) is 16.7. The zero-order valence-electron chi connectivity index (χ0n) is 12.1. The SMILES string of the molecule is CCNc1nc(C)cc(N2CCC(OCC)CC2)n1. The van der Waals surface area contributed by atoms with E-state index in [2.05, 4.69) is 40.1 Å². The second-order valence-electron chi connectivity index (χ2n) is 4.86. The van der Waals surface area contributed by atoms with E-state index in [1.165, 1.54) is 0 Å². The summed E-state index contributed by atoms with van der Waals surface area (Å²) in [6, 6.07) is 2.06. The highest BCUT2D eigenvalue weighted by Crippen LogP contribution is 2.21. The van der Waals surface area contributed by atoms with Crippen LogP contribution >= 0.6 is 0 Å². The zero-order chi connectivity index (χ0) is 13.7. The molecule has 0 unspecified atom stereocenters. The molecule has 0 bridgehead atoms. The highest BCUT2D eigenvalue weighted by molar-refractivity contribution is 5.45. The molecule has 0 radical (unpaired) electrons. The lowest BCUT2D eigenvalue weighted by atomic mass is 10.1. The second-order valence-corrected chi connectivity index (χ2v) is 4.86. The lowest BCUT2D eigenvalue weighted by molar-refractivity contribution is 0.0458. The third kappa shape index (κ3) is 3.80. The molecule has 0 aliphatic carbocycles. The summed E-state index contributed by atoms with van der Waals surface area (Å²) in [5, 5.41) is 3.18. The monoisotopic (exact) mass is 264 g/mol. The van der Waals surface area contributed by atoms with Crippen LogP contribution < -0.4 is 10.2 Å². The molecular weight excluding hydrogens is 240 g/mol. The standard InChI is InChI=1S/C14H24N4O/c1-4-15-14-16-11(3)10-13(17-14)18-8-6-12(7-9-18)19-5-2/h10,12H,4-9H2,1-3H3,(H,15,16,17). The van der Waals surface area contributed by atoms with Gasteiger partial charge in [-0.2, -0.15) is 4.98 Å². The molecule has 1 aromatic heterocycles. The van der Waals surface area contributed by atoms with Crippen molar-refractivity contribution < 1.29 is 4.74 Å². The number of nitrogens with one attached hydrogen (secondary N) is 1. The topological polar surface area (TPSA) is 50.3 Å². The fourth-order valence-electron chi connectivity index (χ4n) is 2.44. The van der Waals surface area contributed by atoms with Crippen LogP contribution in [0.15, 0.2) is 6.07 Å². The van der Waals surface area contributed by atoms with E-state index < -0.39 is 0 Å². The summed E-state index contributed by atoms with van der Waals surface area (Å²) >= 11 is 0. The van der Waals surface area contributed by atoms with Crippen LogP contribution in [-0.4, -0.2) is 42.3 Å². The van der Waals surface area contributed by atoms with Crippen LogP contribution in [0.2, 0.25) is 0 Å². The molecule has 0 atom stereocenters. The summed E-state index contributed by atoms with van der Waals surface area (Å²) in [5.74, 6) is 1.75. The van der Waals surface area contributed by atoms with Crippen LogP contribution in [0.25, 0.3) is 0 Å². The van der Waals surface area contributed by atoms with Crippen molar-refractivity contribution in [1.82, 2.24) is 9.97 Å². The van der Waals surface area contributed by atoms with E-state index in [0.717, 1.165) is 56.5 Å². The Kier molecular flexibility index (Phi) is 4.96. The van der Waals surface area contributed by atoms with E-state index in [-0.39, 0.29) is 0 Å². The molecule has 1 aromatic rings. The lowest BCUT2D eigenvalue weighted by Crippen LogP contribution is -2.37. The van der Waals surface area contributed by atoms with Gasteiger partial charge in [-0.15, -0.1) is 0 Å². The number of hydrogen-bond donors (Lipinski definition) is 1. The van der Waals surface area contributed by atoms with Gasteiger partial charge in [0.2, 0.25) is 5.95 Å². The molecule has 5 heteroatoms. The molecule has 0 saturated carbocycles. The van der Waals surface area contributed by atoms with Gasteiger partial charge in [0.1, 0.15) is 5.82 Å². The van der Waals surface area contributed by atoms with Crippen molar-refractivity contribution in [1.29, 1.82) is 0 Å². The molecule has 1 aliphatic rings. The van der Waals surface area contributed by atoms with Crippen molar-refractivity contribution >= 4 is 11.8 Å². The molecule has 2 heterocycles. The summed E-state index contributed by atoms with van der Waals surface area (Å²) < 4.78 is 5.68. The van der Waals surface area contributed by atoms with Gasteiger partial charge in [0.25, 0.3) is 0 Å². The fourth-order valence-corrected chi connectivity index (χ4v) is 2.44. The van der Waals surface area contributed by atoms with Gasteiger partial charge in [-0.25, -0.2) is 4.98 Å². The molecular formula is C14H24N4O. The minimum atomic E-state index is 0.414. The van der Waals surface area contributed by atoms with Gasteiger partial charge in [0, 0.05) is 38.0 Å². The Morgan fingerprint density at radius 2 is 2.05 bits per heavy atom. The minimum Gasteiger partial charge on any atom is -0.378 e. The van der Waals surface area contributed by atoms with E-state index in [1.807, 2.05) is 6.92 Å². The van der Waals surface area contributed by atoms with E-state index in [0.29, 0.717) is 6.10 Å². The predicted octanol–water partition coefficient (Wildman–Crippen LogP) is 2.22. The number of piperidine rings is 1. The average molecular weight is 264 g/mol. The maximum Gasteiger partial charge on any atom is 0.224 e. The molecule has 19 heavy (non-hydrogen) atoms. The van der Waals surface area contributed by atoms with Crippen LogP contribution in [-0.2, 0) is 4.74 Å². The van der Waals surface area contributed by atoms with Gasteiger partial charge in [-0.3, -0.25) is 0 Å². The summed E-state index contributed by atoms with van der Waals surface area (Å²) in [6.07, 6.45) is 2.57. The first kappa shape index (κ1) is 14.1. The van der Waals surface area contributed by atoms with Crippen LogP contribution in [0, 0.1) is 6.92 Å². The van der Waals surface area contributed by atoms with E-state index >= 15 is 0 Å². The Labute approximate surface area is 115 Å². The van der Waals surface area contributed by atoms with E-state index in [4.69, 9.17) is 4.74 Å². The molecule has 106 valence electrons. The van der Waals surface area contributed by atoms with Crippen LogP contribution in [0.4, 0.5) is 11.8 Å². The van der Waals surface area contributed by atoms with Gasteiger partial charge in [0.05, 0.1) is 6.10 Å². The highest BCUT2D eigenvalue weighted by atomic mass is 16.5. The molecule has 1 saturated heterocycles. The molecule has 5 nitrogen and oxygen atoms in total. The Morgan fingerprint density at radius 3 is 2.68 bits per heavy atom. The van der Waals surface area contributed by atoms with Crippen LogP contribution in [0.1, 0.15) is 32.4 Å². The zero-order valence-corrected chi connectivity index (χ0v) is 12.1. The first-order valence-corrected chi connectivity index (χ1v) is 7.19. The third-order valence-electron chi connectivity index (χ3n) is 3.34. The minimum absolute atomic E-state index is 0.414. The van der Waals surface area contributed by atoms with Crippen LogP contribution in [0.5, 0.6) is 0 Å². The molecule has 1 fully saturated rings. The Hall–Kier alpha value is -1.36. The fraction of sp³-hybridized carbons (Fsp3) is 0.714. The maximum absolute atomic E-state index is 5.68. The van der Waals surface area contributed by atoms with Crippen molar-refractivity contribution in [3.05, 3.63) is 11.8 Å². The van der Waals surface area contributed by atoms with Gasteiger partial charge in [0.15, 0.2) is 0 Å². The number of aromatic nitrogens is 2. The second kappa shape index (κ2) is 6.70. The van der Waals surface area contributed by atoms with Crippen molar-refractivity contribution in [3.8, 4) is 0 Å². The maximum atomic E-state index is 5.68. The first-order valence-electron chi connectivity index (χ1n) is 7.19. The Bertz CT molecular complexity index is 402. The van der Waals surface area contributed by atoms with Gasteiger partial charge in [-0.1, -0.05) is 0 Å². The van der Waals surface area contributed by atoms with E-state index in [9.17, 15) is 0 Å². The van der Waals surface area contributed by atoms with E-state index in [1.54, 1.807) is 0 Å². The molecule has 0 aromatic carbocycles. The number of anilines is 2. The van der Waals surface area contributed by atoms with Crippen molar-refractivity contribution in [2.45, 2.75) is 39.7 Å². The summed E-state index contributed by atoms with van der Waals surface area (Å²) in [7, 11) is 0. The Balaban J connectivity index is 2.02. The van der Waals surface area contributed by atoms with Gasteiger partial charge in [-0.05, 0) is 33.6 Å². The van der Waals surface area contributed by atoms with Crippen molar-refractivity contribution in [2.24, 2.45) is 0 Å². The predicted molar refractivity (Wildman–Crippen MR) is 77.8 cm³/mol. The third-order valence-corrected chi connectivity index (χ3v) is 3.34.